The molecule has 0 saturated heterocycles. The summed E-state index contributed by atoms with van der Waals surface area (Å²) in [6.45, 7) is 0.618. The van der Waals surface area contributed by atoms with Gasteiger partial charge in [-0.2, -0.15) is 0 Å². The Morgan fingerprint density at radius 1 is 1.43 bits per heavy atom. The van der Waals surface area contributed by atoms with Crippen LogP contribution in [0.5, 0.6) is 0 Å². The van der Waals surface area contributed by atoms with E-state index in [2.05, 4.69) is 15.5 Å². The summed E-state index contributed by atoms with van der Waals surface area (Å²) in [6, 6.07) is 3.80. The molecule has 4 nitrogen and oxygen atoms in total. The predicted octanol–water partition coefficient (Wildman–Crippen LogP) is 2.18. The molecule has 14 heavy (non-hydrogen) atoms. The molecule has 0 N–H and O–H groups in total. The molecule has 2 aromatic rings. The van der Waals surface area contributed by atoms with Crippen LogP contribution >= 0.6 is 34.5 Å². The van der Waals surface area contributed by atoms with E-state index in [1.54, 1.807) is 4.68 Å². The number of halogens is 2. The van der Waals surface area contributed by atoms with Gasteiger partial charge in [-0.3, -0.25) is 0 Å². The van der Waals surface area contributed by atoms with Gasteiger partial charge in [-0.05, 0) is 22.6 Å². The van der Waals surface area contributed by atoms with Gasteiger partial charge in [-0.1, -0.05) is 11.6 Å². The zero-order chi connectivity index (χ0) is 9.97. The Labute approximate surface area is 94.4 Å². The van der Waals surface area contributed by atoms with Crippen molar-refractivity contribution in [2.45, 2.75) is 12.4 Å². The predicted molar refractivity (Wildman–Crippen MR) is 55.8 cm³/mol. The summed E-state index contributed by atoms with van der Waals surface area (Å²) in [7, 11) is 0. The van der Waals surface area contributed by atoms with Crippen molar-refractivity contribution < 1.29 is 0 Å². The van der Waals surface area contributed by atoms with Crippen LogP contribution < -0.4 is 0 Å². The first-order valence-corrected chi connectivity index (χ1v) is 5.57. The summed E-state index contributed by atoms with van der Waals surface area (Å²) in [5, 5.41) is 11.2. The molecular formula is C7H6Cl2N4S. The lowest BCUT2D eigenvalue weighted by Crippen LogP contribution is -2.04. The molecule has 74 valence electrons. The molecule has 2 rings (SSSR count). The molecule has 0 unspecified atom stereocenters. The van der Waals surface area contributed by atoms with E-state index in [0.717, 1.165) is 9.21 Å². The lowest BCUT2D eigenvalue weighted by atomic mass is 10.4. The molecule has 0 atom stereocenters. The first-order chi connectivity index (χ1) is 6.79. The number of hydrogen-bond acceptors (Lipinski definition) is 4. The summed E-state index contributed by atoms with van der Waals surface area (Å²) < 4.78 is 2.43. The van der Waals surface area contributed by atoms with Gasteiger partial charge in [0, 0.05) is 4.88 Å². The third kappa shape index (κ3) is 2.05. The number of tetrazole rings is 1. The maximum absolute atomic E-state index is 5.81. The first kappa shape index (κ1) is 9.89. The van der Waals surface area contributed by atoms with Gasteiger partial charge in [0.2, 0.25) is 0 Å². The summed E-state index contributed by atoms with van der Waals surface area (Å²) in [6.07, 6.45) is 0. The molecule has 0 aliphatic heterocycles. The maximum atomic E-state index is 5.81. The van der Waals surface area contributed by atoms with Crippen LogP contribution in [0.25, 0.3) is 0 Å². The van der Waals surface area contributed by atoms with Crippen LogP contribution in [0.3, 0.4) is 0 Å². The SMILES string of the molecule is ClCc1nnnn1Cc1ccc(Cl)s1. The Balaban J connectivity index is 2.18. The quantitative estimate of drug-likeness (QED) is 0.783. The van der Waals surface area contributed by atoms with Crippen molar-refractivity contribution in [3.05, 3.63) is 27.2 Å². The molecule has 0 radical (unpaired) electrons. The zero-order valence-corrected chi connectivity index (χ0v) is 9.35. The highest BCUT2D eigenvalue weighted by molar-refractivity contribution is 7.16. The third-order valence-corrected chi connectivity index (χ3v) is 3.11. The average molecular weight is 249 g/mol. The van der Waals surface area contributed by atoms with Crippen molar-refractivity contribution in [2.75, 3.05) is 0 Å². The molecule has 0 aromatic carbocycles. The Morgan fingerprint density at radius 2 is 2.29 bits per heavy atom. The second-order valence-electron chi connectivity index (χ2n) is 2.59. The molecule has 7 heteroatoms. The van der Waals surface area contributed by atoms with Crippen molar-refractivity contribution in [2.24, 2.45) is 0 Å². The van der Waals surface area contributed by atoms with E-state index in [1.165, 1.54) is 11.3 Å². The van der Waals surface area contributed by atoms with Gasteiger partial charge >= 0.3 is 0 Å². The van der Waals surface area contributed by atoms with Crippen LogP contribution in [0, 0.1) is 0 Å². The van der Waals surface area contributed by atoms with Gasteiger partial charge in [-0.25, -0.2) is 4.68 Å². The van der Waals surface area contributed by atoms with Crippen molar-refractivity contribution in [3.63, 3.8) is 0 Å². The number of alkyl halides is 1. The van der Waals surface area contributed by atoms with Crippen LogP contribution in [0.1, 0.15) is 10.7 Å². The van der Waals surface area contributed by atoms with Gasteiger partial charge in [0.15, 0.2) is 5.82 Å². The van der Waals surface area contributed by atoms with Crippen molar-refractivity contribution in [3.8, 4) is 0 Å². The van der Waals surface area contributed by atoms with Gasteiger partial charge in [0.05, 0.1) is 16.8 Å². The highest BCUT2D eigenvalue weighted by Crippen LogP contribution is 2.22. The van der Waals surface area contributed by atoms with E-state index >= 15 is 0 Å². The molecule has 0 aliphatic carbocycles. The molecule has 2 aromatic heterocycles. The number of aromatic nitrogens is 4. The van der Waals surface area contributed by atoms with E-state index in [9.17, 15) is 0 Å². The highest BCUT2D eigenvalue weighted by Gasteiger charge is 2.06. The molecule has 0 amide bonds. The Bertz CT molecular complexity index is 425. The fourth-order valence-corrected chi connectivity index (χ4v) is 2.29. The smallest absolute Gasteiger partial charge is 0.166 e. The maximum Gasteiger partial charge on any atom is 0.166 e. The van der Waals surface area contributed by atoms with Crippen molar-refractivity contribution in [1.29, 1.82) is 0 Å². The summed E-state index contributed by atoms with van der Waals surface area (Å²) in [5.74, 6) is 0.975. The van der Waals surface area contributed by atoms with Crippen molar-refractivity contribution in [1.82, 2.24) is 20.2 Å². The number of nitrogens with zero attached hydrogens (tertiary/aromatic N) is 4. The van der Waals surface area contributed by atoms with Crippen LogP contribution in [0.15, 0.2) is 12.1 Å². The molecular weight excluding hydrogens is 243 g/mol. The monoisotopic (exact) mass is 248 g/mol. The van der Waals surface area contributed by atoms with Crippen molar-refractivity contribution >= 4 is 34.5 Å². The minimum atomic E-state index is 0.312. The molecule has 0 bridgehead atoms. The van der Waals surface area contributed by atoms with Crippen LogP contribution in [0.2, 0.25) is 4.34 Å². The van der Waals surface area contributed by atoms with Gasteiger partial charge in [0.25, 0.3) is 0 Å². The van der Waals surface area contributed by atoms with E-state index < -0.39 is 0 Å². The Morgan fingerprint density at radius 3 is 2.93 bits per heavy atom. The highest BCUT2D eigenvalue weighted by atomic mass is 35.5. The second kappa shape index (κ2) is 4.25. The van der Waals surface area contributed by atoms with Gasteiger partial charge in [0.1, 0.15) is 0 Å². The van der Waals surface area contributed by atoms with E-state index in [1.807, 2.05) is 12.1 Å². The third-order valence-electron chi connectivity index (χ3n) is 1.66. The lowest BCUT2D eigenvalue weighted by molar-refractivity contribution is 0.636. The summed E-state index contributed by atoms with van der Waals surface area (Å²) >= 11 is 13.0. The summed E-state index contributed by atoms with van der Waals surface area (Å²) in [5.41, 5.74) is 0. The second-order valence-corrected chi connectivity index (χ2v) is 4.66. The number of rotatable bonds is 3. The molecule has 0 saturated carbocycles. The first-order valence-electron chi connectivity index (χ1n) is 3.85. The van der Waals surface area contributed by atoms with Crippen LogP contribution in [-0.4, -0.2) is 20.2 Å². The number of thiophene rings is 1. The normalized spacial score (nSPS) is 10.7. The molecule has 0 spiro atoms. The number of hydrogen-bond donors (Lipinski definition) is 0. The molecule has 0 aliphatic rings. The fraction of sp³-hybridized carbons (Fsp3) is 0.286. The Kier molecular flexibility index (Phi) is 3.00. The largest absolute Gasteiger partial charge is 0.223 e. The average Bonchev–Trinajstić information content (AvgIpc) is 2.76. The topological polar surface area (TPSA) is 43.6 Å². The molecule has 2 heterocycles. The fourth-order valence-electron chi connectivity index (χ4n) is 1.03. The lowest BCUT2D eigenvalue weighted by Gasteiger charge is -1.98. The van der Waals surface area contributed by atoms with Crippen LogP contribution in [0.4, 0.5) is 0 Å². The van der Waals surface area contributed by atoms with Crippen LogP contribution in [-0.2, 0) is 12.4 Å². The van der Waals surface area contributed by atoms with E-state index in [4.69, 9.17) is 23.2 Å². The van der Waals surface area contributed by atoms with Gasteiger partial charge in [-0.15, -0.1) is 28.0 Å². The molecule has 0 fully saturated rings. The minimum Gasteiger partial charge on any atom is -0.223 e. The Hall–Kier alpha value is -0.650. The van der Waals surface area contributed by atoms with E-state index in [0.29, 0.717) is 18.2 Å². The summed E-state index contributed by atoms with van der Waals surface area (Å²) in [4.78, 5) is 1.11. The van der Waals surface area contributed by atoms with Gasteiger partial charge < -0.3 is 0 Å². The van der Waals surface area contributed by atoms with E-state index in [-0.39, 0.29) is 0 Å². The standard InChI is InChI=1S/C7H6Cl2N4S/c8-3-7-10-11-12-13(7)4-5-1-2-6(9)14-5/h1-2H,3-4H2. The zero-order valence-electron chi connectivity index (χ0n) is 7.02. The minimum absolute atomic E-state index is 0.312.